The van der Waals surface area contributed by atoms with Crippen LogP contribution in [0.1, 0.15) is 30.0 Å². The fraction of sp³-hybridized carbons (Fsp3) is 0.565. The van der Waals surface area contributed by atoms with Crippen LogP contribution in [0.15, 0.2) is 23.3 Å². The number of carbonyl (C=O) groups is 1. The second kappa shape index (κ2) is 11.4. The second-order valence-electron chi connectivity index (χ2n) is 9.38. The Hall–Kier alpha value is -3.40. The van der Waals surface area contributed by atoms with E-state index in [-0.39, 0.29) is 38.1 Å². The van der Waals surface area contributed by atoms with Crippen LogP contribution in [0.25, 0.3) is 0 Å². The van der Waals surface area contributed by atoms with Gasteiger partial charge in [0.2, 0.25) is 5.91 Å². The van der Waals surface area contributed by atoms with Crippen LogP contribution in [-0.2, 0) is 28.4 Å². The monoisotopic (exact) mass is 563 g/mol. The average molecular weight is 564 g/mol. The zero-order chi connectivity index (χ0) is 28.4. The van der Waals surface area contributed by atoms with Crippen LogP contribution in [0.4, 0.5) is 37.8 Å². The molecular weight excluding hydrogens is 536 g/mol. The van der Waals surface area contributed by atoms with Gasteiger partial charge in [-0.1, -0.05) is 0 Å². The summed E-state index contributed by atoms with van der Waals surface area (Å²) in [4.78, 5) is 32.0. The van der Waals surface area contributed by atoms with Crippen molar-refractivity contribution in [3.63, 3.8) is 0 Å². The van der Waals surface area contributed by atoms with E-state index in [1.807, 2.05) is 4.90 Å². The van der Waals surface area contributed by atoms with E-state index in [9.17, 15) is 35.9 Å². The Morgan fingerprint density at radius 2 is 1.97 bits per heavy atom. The normalized spacial score (nSPS) is 18.7. The number of hydrogen-bond donors (Lipinski definition) is 3. The molecule has 1 amide bonds. The number of aromatic nitrogens is 3. The number of amides is 1. The third-order valence-corrected chi connectivity index (χ3v) is 6.44. The first-order valence-corrected chi connectivity index (χ1v) is 12.1. The van der Waals surface area contributed by atoms with E-state index in [1.54, 1.807) is 16.9 Å². The van der Waals surface area contributed by atoms with Gasteiger partial charge in [-0.3, -0.25) is 9.59 Å². The lowest BCUT2D eigenvalue weighted by molar-refractivity contribution is -0.138. The molecule has 2 aromatic heterocycles. The fourth-order valence-electron chi connectivity index (χ4n) is 4.63. The largest absolute Gasteiger partial charge is 0.423 e. The van der Waals surface area contributed by atoms with Crippen molar-refractivity contribution in [1.29, 1.82) is 0 Å². The number of alkyl halides is 6. The lowest BCUT2D eigenvalue weighted by atomic mass is 10.1. The summed E-state index contributed by atoms with van der Waals surface area (Å²) >= 11 is 0. The highest BCUT2D eigenvalue weighted by Crippen LogP contribution is 2.34. The van der Waals surface area contributed by atoms with Gasteiger partial charge in [0.15, 0.2) is 0 Å². The molecule has 1 fully saturated rings. The molecule has 10 nitrogen and oxygen atoms in total. The van der Waals surface area contributed by atoms with Crippen LogP contribution in [0.5, 0.6) is 0 Å². The number of halogens is 6. The molecule has 4 heterocycles. The van der Waals surface area contributed by atoms with Crippen LogP contribution in [0, 0.1) is 0 Å². The molecule has 16 heteroatoms. The minimum Gasteiger partial charge on any atom is -0.379 e. The molecule has 1 unspecified atom stereocenters. The van der Waals surface area contributed by atoms with Gasteiger partial charge in [0.05, 0.1) is 43.1 Å². The number of carbonyl (C=O) groups excluding carboxylic acids is 1. The molecule has 0 bridgehead atoms. The Morgan fingerprint density at radius 1 is 1.21 bits per heavy atom. The van der Waals surface area contributed by atoms with Gasteiger partial charge in [-0.05, 0) is 13.0 Å². The Bertz CT molecular complexity index is 1240. The quantitative estimate of drug-likeness (QED) is 0.347. The average Bonchev–Trinajstić information content (AvgIpc) is 3.03. The number of rotatable bonds is 7. The first-order valence-electron chi connectivity index (χ1n) is 12.1. The molecular formula is C23H27F6N7O3. The van der Waals surface area contributed by atoms with Crippen molar-refractivity contribution in [2.75, 3.05) is 49.6 Å². The van der Waals surface area contributed by atoms with Crippen molar-refractivity contribution in [1.82, 2.24) is 25.4 Å². The topological polar surface area (TPSA) is 115 Å². The second-order valence-corrected chi connectivity index (χ2v) is 9.38. The molecule has 3 N–H and O–H groups in total. The van der Waals surface area contributed by atoms with E-state index in [4.69, 9.17) is 4.74 Å². The molecule has 0 aromatic carbocycles. The molecule has 0 aliphatic carbocycles. The highest BCUT2D eigenvalue weighted by molar-refractivity contribution is 5.76. The van der Waals surface area contributed by atoms with Crippen molar-refractivity contribution in [3.05, 3.63) is 45.5 Å². The van der Waals surface area contributed by atoms with Gasteiger partial charge in [0.1, 0.15) is 11.4 Å². The van der Waals surface area contributed by atoms with Crippen molar-refractivity contribution in [2.45, 2.75) is 44.3 Å². The molecule has 2 aliphatic rings. The molecule has 2 aromatic rings. The Morgan fingerprint density at radius 3 is 2.69 bits per heavy atom. The van der Waals surface area contributed by atoms with E-state index in [0.29, 0.717) is 37.6 Å². The SMILES string of the molecule is C[C@@H](COCCC(=O)N1CCN2c3ncc(C(F)(F)F)cc3CNCC2C1)Nc1cn[nH]c(=O)c1C(F)(F)F. The molecule has 1 saturated heterocycles. The van der Waals surface area contributed by atoms with E-state index >= 15 is 0 Å². The molecule has 39 heavy (non-hydrogen) atoms. The number of H-pyrrole nitrogens is 1. The number of anilines is 2. The summed E-state index contributed by atoms with van der Waals surface area (Å²) in [5.41, 5.74) is -3.58. The zero-order valence-corrected chi connectivity index (χ0v) is 20.8. The van der Waals surface area contributed by atoms with E-state index in [1.165, 1.54) is 0 Å². The van der Waals surface area contributed by atoms with Gasteiger partial charge in [-0.25, -0.2) is 10.1 Å². The maximum absolute atomic E-state index is 13.2. The first-order chi connectivity index (χ1) is 18.3. The van der Waals surface area contributed by atoms with Crippen LogP contribution in [0.2, 0.25) is 0 Å². The van der Waals surface area contributed by atoms with Gasteiger partial charge in [0, 0.05) is 50.5 Å². The summed E-state index contributed by atoms with van der Waals surface area (Å²) in [5.74, 6) is 0.289. The summed E-state index contributed by atoms with van der Waals surface area (Å²) in [7, 11) is 0. The number of nitrogens with one attached hydrogen (secondary N) is 3. The minimum absolute atomic E-state index is 0.0261. The number of ether oxygens (including phenoxy) is 1. The number of pyridine rings is 1. The molecule has 214 valence electrons. The highest BCUT2D eigenvalue weighted by atomic mass is 19.4. The number of hydrogen-bond acceptors (Lipinski definition) is 8. The van der Waals surface area contributed by atoms with Crippen molar-refractivity contribution >= 4 is 17.4 Å². The number of nitrogens with zero attached hydrogens (tertiary/aromatic N) is 4. The molecule has 0 spiro atoms. The van der Waals surface area contributed by atoms with E-state index in [0.717, 1.165) is 18.5 Å². The summed E-state index contributed by atoms with van der Waals surface area (Å²) < 4.78 is 84.3. The summed E-state index contributed by atoms with van der Waals surface area (Å²) in [6.45, 7) is 3.34. The van der Waals surface area contributed by atoms with Crippen LogP contribution < -0.4 is 21.1 Å². The van der Waals surface area contributed by atoms with Gasteiger partial charge < -0.3 is 25.2 Å². The van der Waals surface area contributed by atoms with Gasteiger partial charge in [0.25, 0.3) is 5.56 Å². The third-order valence-electron chi connectivity index (χ3n) is 6.44. The van der Waals surface area contributed by atoms with Crippen molar-refractivity contribution < 1.29 is 35.9 Å². The molecule has 0 radical (unpaired) electrons. The summed E-state index contributed by atoms with van der Waals surface area (Å²) in [6.07, 6.45) is -7.62. The number of aromatic amines is 1. The maximum Gasteiger partial charge on any atom is 0.423 e. The van der Waals surface area contributed by atoms with E-state index in [2.05, 4.69) is 20.7 Å². The van der Waals surface area contributed by atoms with Crippen molar-refractivity contribution in [2.24, 2.45) is 0 Å². The molecule has 4 rings (SSSR count). The fourth-order valence-corrected chi connectivity index (χ4v) is 4.63. The van der Waals surface area contributed by atoms with E-state index < -0.39 is 40.8 Å². The predicted octanol–water partition coefficient (Wildman–Crippen LogP) is 2.23. The van der Waals surface area contributed by atoms with Gasteiger partial charge in [-0.15, -0.1) is 0 Å². The maximum atomic E-state index is 13.2. The number of fused-ring (bicyclic) bond motifs is 3. The Balaban J connectivity index is 1.26. The molecule has 0 saturated carbocycles. The Kier molecular flexibility index (Phi) is 8.34. The summed E-state index contributed by atoms with van der Waals surface area (Å²) in [5, 5.41) is 10.8. The smallest absolute Gasteiger partial charge is 0.379 e. The lowest BCUT2D eigenvalue weighted by Gasteiger charge is -2.41. The first kappa shape index (κ1) is 28.6. The Labute approximate surface area is 218 Å². The third kappa shape index (κ3) is 6.79. The van der Waals surface area contributed by atoms with Crippen LogP contribution in [0.3, 0.4) is 0 Å². The minimum atomic E-state index is -4.87. The molecule has 2 aliphatic heterocycles. The highest BCUT2D eigenvalue weighted by Gasteiger charge is 2.38. The van der Waals surface area contributed by atoms with Crippen LogP contribution >= 0.6 is 0 Å². The number of piperazine rings is 1. The lowest BCUT2D eigenvalue weighted by Crippen LogP contribution is -2.57. The zero-order valence-electron chi connectivity index (χ0n) is 20.8. The predicted molar refractivity (Wildman–Crippen MR) is 127 cm³/mol. The van der Waals surface area contributed by atoms with Gasteiger partial charge in [-0.2, -0.15) is 31.4 Å². The van der Waals surface area contributed by atoms with Crippen molar-refractivity contribution in [3.8, 4) is 0 Å². The summed E-state index contributed by atoms with van der Waals surface area (Å²) in [6, 6.07) is 0.304. The molecule has 2 atom stereocenters. The standard InChI is InChI=1S/C23H27F6N7O3/c1-13(33-17-10-32-34-21(38)19(17)23(27,28)29)12-39-5-2-18(37)35-3-4-36-16(11-35)9-30-7-14-6-15(22(24,25)26)8-31-20(14)36/h6,8,10,13,16,30H,2-5,7,9,11-12H2,1H3,(H2,33,34,38)/t13-,16?/m0/s1. The van der Waals surface area contributed by atoms with Gasteiger partial charge >= 0.3 is 12.4 Å². The van der Waals surface area contributed by atoms with Crippen LogP contribution in [-0.4, -0.2) is 77.5 Å².